The van der Waals surface area contributed by atoms with Gasteiger partial charge in [-0.3, -0.25) is 0 Å². The van der Waals surface area contributed by atoms with E-state index in [9.17, 15) is 4.79 Å². The van der Waals surface area contributed by atoms with E-state index >= 15 is 0 Å². The molecule has 4 heteroatoms. The Morgan fingerprint density at radius 2 is 1.89 bits per heavy atom. The van der Waals surface area contributed by atoms with Gasteiger partial charge in [-0.05, 0) is 58.3 Å². The van der Waals surface area contributed by atoms with Gasteiger partial charge in [0.15, 0.2) is 0 Å². The summed E-state index contributed by atoms with van der Waals surface area (Å²) in [6.45, 7) is 5.67. The molecule has 0 aliphatic heterocycles. The summed E-state index contributed by atoms with van der Waals surface area (Å²) in [5, 5.41) is 3.03. The molecule has 2 rings (SSSR count). The molecule has 2 aliphatic carbocycles. The highest BCUT2D eigenvalue weighted by atomic mass is 16.6. The largest absolute Gasteiger partial charge is 0.444 e. The lowest BCUT2D eigenvalue weighted by Crippen LogP contribution is -2.51. The molecule has 0 heterocycles. The molecule has 1 amide bonds. The molecule has 0 aromatic carbocycles. The van der Waals surface area contributed by atoms with Crippen LogP contribution in [0.4, 0.5) is 4.79 Å². The average Bonchev–Trinajstić information content (AvgIpc) is 2.70. The summed E-state index contributed by atoms with van der Waals surface area (Å²) in [6, 6.07) is 0.541. The summed E-state index contributed by atoms with van der Waals surface area (Å²) in [5.41, 5.74) is 6.17. The van der Waals surface area contributed by atoms with Crippen molar-refractivity contribution in [3.05, 3.63) is 0 Å². The number of hydrogen-bond acceptors (Lipinski definition) is 3. The summed E-state index contributed by atoms with van der Waals surface area (Å²) >= 11 is 0. The van der Waals surface area contributed by atoms with E-state index in [1.54, 1.807) is 0 Å². The second-order valence-corrected chi connectivity index (χ2v) is 7.30. The molecule has 1 spiro atoms. The van der Waals surface area contributed by atoms with Crippen molar-refractivity contribution in [3.63, 3.8) is 0 Å². The number of nitrogens with two attached hydrogens (primary N) is 1. The Hall–Kier alpha value is -0.770. The van der Waals surface area contributed by atoms with Crippen molar-refractivity contribution in [2.75, 3.05) is 0 Å². The van der Waals surface area contributed by atoms with Crippen LogP contribution in [0.5, 0.6) is 0 Å². The summed E-state index contributed by atoms with van der Waals surface area (Å²) in [5.74, 6) is 0. The van der Waals surface area contributed by atoms with Gasteiger partial charge in [-0.1, -0.05) is 12.8 Å². The second-order valence-electron chi connectivity index (χ2n) is 7.30. The highest BCUT2D eigenvalue weighted by Crippen LogP contribution is 2.48. The zero-order chi connectivity index (χ0) is 14.1. The number of nitrogens with one attached hydrogen (secondary N) is 1. The zero-order valence-electron chi connectivity index (χ0n) is 12.5. The summed E-state index contributed by atoms with van der Waals surface area (Å²) in [4.78, 5) is 11.8. The van der Waals surface area contributed by atoms with E-state index in [1.165, 1.54) is 25.7 Å². The first-order valence-electron chi connectivity index (χ1n) is 7.56. The first kappa shape index (κ1) is 14.6. The quantitative estimate of drug-likeness (QED) is 0.768. The summed E-state index contributed by atoms with van der Waals surface area (Å²) < 4.78 is 5.34. The molecule has 110 valence electrons. The molecule has 2 aliphatic rings. The maximum Gasteiger partial charge on any atom is 0.407 e. The van der Waals surface area contributed by atoms with Gasteiger partial charge in [0.05, 0.1) is 0 Å². The second kappa shape index (κ2) is 5.31. The minimum Gasteiger partial charge on any atom is -0.444 e. The standard InChI is InChI=1S/C15H28N2O2/c1-14(2,3)19-13(18)17-11-6-7-12(16)15(10-11)8-4-5-9-15/h11-12H,4-10,16H2,1-3H3,(H,17,18). The van der Waals surface area contributed by atoms with Crippen LogP contribution in [0.15, 0.2) is 0 Å². The lowest BCUT2D eigenvalue weighted by molar-refractivity contribution is 0.0443. The Bertz CT molecular complexity index is 330. The Labute approximate surface area is 116 Å². The van der Waals surface area contributed by atoms with Crippen LogP contribution in [-0.2, 0) is 4.74 Å². The highest BCUT2D eigenvalue weighted by molar-refractivity contribution is 5.68. The molecule has 4 nitrogen and oxygen atoms in total. The fraction of sp³-hybridized carbons (Fsp3) is 0.933. The molecule has 19 heavy (non-hydrogen) atoms. The number of rotatable bonds is 1. The van der Waals surface area contributed by atoms with E-state index in [0.717, 1.165) is 19.3 Å². The van der Waals surface area contributed by atoms with Crippen LogP contribution in [0, 0.1) is 5.41 Å². The Morgan fingerprint density at radius 1 is 1.26 bits per heavy atom. The minimum absolute atomic E-state index is 0.229. The maximum absolute atomic E-state index is 11.8. The molecule has 2 fully saturated rings. The first-order valence-corrected chi connectivity index (χ1v) is 7.56. The van der Waals surface area contributed by atoms with Crippen molar-refractivity contribution in [1.29, 1.82) is 0 Å². The topological polar surface area (TPSA) is 64.3 Å². The van der Waals surface area contributed by atoms with E-state index in [-0.39, 0.29) is 17.6 Å². The number of alkyl carbamates (subject to hydrolysis) is 1. The molecule has 0 bridgehead atoms. The third-order valence-corrected chi connectivity index (χ3v) is 4.59. The zero-order valence-corrected chi connectivity index (χ0v) is 12.5. The first-order chi connectivity index (χ1) is 8.81. The normalized spacial score (nSPS) is 30.3. The fourth-order valence-corrected chi connectivity index (χ4v) is 3.68. The number of carbonyl (C=O) groups excluding carboxylic acids is 1. The van der Waals surface area contributed by atoms with Gasteiger partial charge >= 0.3 is 6.09 Å². The van der Waals surface area contributed by atoms with E-state index in [1.807, 2.05) is 20.8 Å². The third kappa shape index (κ3) is 3.62. The third-order valence-electron chi connectivity index (χ3n) is 4.59. The Morgan fingerprint density at radius 3 is 2.47 bits per heavy atom. The molecular weight excluding hydrogens is 240 g/mol. The molecule has 3 N–H and O–H groups in total. The van der Waals surface area contributed by atoms with Crippen LogP contribution in [0.1, 0.15) is 65.7 Å². The predicted octanol–water partition coefficient (Wildman–Crippen LogP) is 2.95. The van der Waals surface area contributed by atoms with Crippen molar-refractivity contribution in [1.82, 2.24) is 5.32 Å². The van der Waals surface area contributed by atoms with Crippen LogP contribution in [0.25, 0.3) is 0 Å². The van der Waals surface area contributed by atoms with Gasteiger partial charge in [-0.25, -0.2) is 4.79 Å². The van der Waals surface area contributed by atoms with Crippen molar-refractivity contribution >= 4 is 6.09 Å². The molecule has 0 radical (unpaired) electrons. The molecule has 0 saturated heterocycles. The van der Waals surface area contributed by atoms with Crippen molar-refractivity contribution in [2.45, 2.75) is 83.4 Å². The van der Waals surface area contributed by atoms with E-state index in [4.69, 9.17) is 10.5 Å². The summed E-state index contributed by atoms with van der Waals surface area (Å²) in [6.07, 6.45) is 7.73. The van der Waals surface area contributed by atoms with E-state index < -0.39 is 5.60 Å². The maximum atomic E-state index is 11.8. The van der Waals surface area contributed by atoms with Crippen LogP contribution in [-0.4, -0.2) is 23.8 Å². The van der Waals surface area contributed by atoms with Crippen LogP contribution < -0.4 is 11.1 Å². The lowest BCUT2D eigenvalue weighted by Gasteiger charge is -2.43. The van der Waals surface area contributed by atoms with Crippen molar-refractivity contribution in [3.8, 4) is 0 Å². The SMILES string of the molecule is CC(C)(C)OC(=O)NC1CCC(N)C2(CCCC2)C1. The number of ether oxygens (including phenoxy) is 1. The van der Waals surface area contributed by atoms with E-state index in [2.05, 4.69) is 5.32 Å². The van der Waals surface area contributed by atoms with E-state index in [0.29, 0.717) is 6.04 Å². The Balaban J connectivity index is 1.90. The smallest absolute Gasteiger partial charge is 0.407 e. The number of amides is 1. The fourth-order valence-electron chi connectivity index (χ4n) is 3.68. The van der Waals surface area contributed by atoms with Gasteiger partial charge in [0.25, 0.3) is 0 Å². The number of carbonyl (C=O) groups is 1. The predicted molar refractivity (Wildman–Crippen MR) is 75.9 cm³/mol. The molecule has 2 atom stereocenters. The van der Waals surface area contributed by atoms with Crippen molar-refractivity contribution < 1.29 is 9.53 Å². The van der Waals surface area contributed by atoms with Crippen LogP contribution >= 0.6 is 0 Å². The Kier molecular flexibility index (Phi) is 4.09. The number of hydrogen-bond donors (Lipinski definition) is 2. The van der Waals surface area contributed by atoms with Gasteiger partial charge in [0.2, 0.25) is 0 Å². The molecule has 0 aromatic heterocycles. The van der Waals surface area contributed by atoms with Gasteiger partial charge in [-0.15, -0.1) is 0 Å². The van der Waals surface area contributed by atoms with Gasteiger partial charge in [0.1, 0.15) is 5.60 Å². The van der Waals surface area contributed by atoms with Crippen LogP contribution in [0.2, 0.25) is 0 Å². The lowest BCUT2D eigenvalue weighted by atomic mass is 9.68. The molecular formula is C15H28N2O2. The monoisotopic (exact) mass is 268 g/mol. The highest BCUT2D eigenvalue weighted by Gasteiger charge is 2.44. The van der Waals surface area contributed by atoms with Gasteiger partial charge in [0, 0.05) is 12.1 Å². The molecule has 2 saturated carbocycles. The molecule has 0 aromatic rings. The van der Waals surface area contributed by atoms with Crippen molar-refractivity contribution in [2.24, 2.45) is 11.1 Å². The summed E-state index contributed by atoms with van der Waals surface area (Å²) in [7, 11) is 0. The van der Waals surface area contributed by atoms with Crippen LogP contribution in [0.3, 0.4) is 0 Å². The minimum atomic E-state index is -0.430. The molecule has 2 unspecified atom stereocenters. The van der Waals surface area contributed by atoms with Gasteiger partial charge < -0.3 is 15.8 Å². The average molecular weight is 268 g/mol. The van der Waals surface area contributed by atoms with Gasteiger partial charge in [-0.2, -0.15) is 0 Å².